The van der Waals surface area contributed by atoms with Crippen LogP contribution in [-0.4, -0.2) is 21.2 Å². The van der Waals surface area contributed by atoms with Crippen LogP contribution in [0.4, 0.5) is 0 Å². The third kappa shape index (κ3) is 89.3. The Kier molecular flexibility index (Phi) is 15.6. The molecule has 0 saturated heterocycles. The second-order valence-corrected chi connectivity index (χ2v) is 4.44. The standard InChI is InChI=1S/C6H14.C2H7N.H3O4P/c1-5(2)6(3)4;1-2-3;1-5(2,3)4/h5-6H,1-4H3;2-3H2,1H3;(H3,1,2,3,4). The van der Waals surface area contributed by atoms with Crippen LogP contribution in [0.1, 0.15) is 34.6 Å². The van der Waals surface area contributed by atoms with Crippen molar-refractivity contribution in [3.63, 3.8) is 0 Å². The minimum Gasteiger partial charge on any atom is -0.331 e. The molecule has 0 unspecified atom stereocenters. The molecule has 0 aliphatic heterocycles. The van der Waals surface area contributed by atoms with Gasteiger partial charge in [0.1, 0.15) is 0 Å². The van der Waals surface area contributed by atoms with Crippen molar-refractivity contribution < 1.29 is 19.2 Å². The van der Waals surface area contributed by atoms with E-state index in [-0.39, 0.29) is 0 Å². The summed E-state index contributed by atoms with van der Waals surface area (Å²) in [6.07, 6.45) is 0. The average molecular weight is 229 g/mol. The van der Waals surface area contributed by atoms with Crippen molar-refractivity contribution in [2.24, 2.45) is 17.6 Å². The van der Waals surface area contributed by atoms with Gasteiger partial charge in [0.15, 0.2) is 0 Å². The molecule has 0 heterocycles. The lowest BCUT2D eigenvalue weighted by molar-refractivity contribution is 0.275. The summed E-state index contributed by atoms with van der Waals surface area (Å²) >= 11 is 0. The van der Waals surface area contributed by atoms with Crippen LogP contribution in [0.3, 0.4) is 0 Å². The van der Waals surface area contributed by atoms with Gasteiger partial charge < -0.3 is 20.4 Å². The van der Waals surface area contributed by atoms with Crippen LogP contribution >= 0.6 is 7.82 Å². The van der Waals surface area contributed by atoms with Gasteiger partial charge in [-0.1, -0.05) is 34.6 Å². The lowest BCUT2D eigenvalue weighted by atomic mass is 10.0. The molecule has 5 nitrogen and oxygen atoms in total. The van der Waals surface area contributed by atoms with Gasteiger partial charge in [0.05, 0.1) is 0 Å². The Morgan fingerprint density at radius 3 is 1.14 bits per heavy atom. The van der Waals surface area contributed by atoms with Crippen LogP contribution in [0.5, 0.6) is 0 Å². The minimum absolute atomic E-state index is 0.750. The molecule has 0 fully saturated rings. The molecular weight excluding hydrogens is 205 g/mol. The SMILES string of the molecule is CC(C)C(C)C.CCN.O=P(O)(O)O. The van der Waals surface area contributed by atoms with E-state index in [1.807, 2.05) is 6.92 Å². The Balaban J connectivity index is -0.000000138. The first-order valence-corrected chi connectivity index (χ1v) is 6.11. The van der Waals surface area contributed by atoms with E-state index in [2.05, 4.69) is 27.7 Å². The molecule has 0 radical (unpaired) electrons. The van der Waals surface area contributed by atoms with Gasteiger partial charge in [0.2, 0.25) is 0 Å². The normalized spacial score (nSPS) is 10.2. The number of hydrogen-bond donors (Lipinski definition) is 4. The molecule has 0 bridgehead atoms. The third-order valence-electron chi connectivity index (χ3n) is 1.33. The molecule has 0 rings (SSSR count). The molecule has 0 aromatic rings. The summed E-state index contributed by atoms with van der Waals surface area (Å²) in [5.74, 6) is 1.70. The maximum Gasteiger partial charge on any atom is 0.466 e. The lowest BCUT2D eigenvalue weighted by Gasteiger charge is -2.05. The summed E-state index contributed by atoms with van der Waals surface area (Å²) in [5, 5.41) is 0. The van der Waals surface area contributed by atoms with E-state index in [0.29, 0.717) is 0 Å². The highest BCUT2D eigenvalue weighted by atomic mass is 31.2. The molecule has 0 aromatic carbocycles. The summed E-state index contributed by atoms with van der Waals surface area (Å²) < 4.78 is 8.88. The number of phosphoric acid groups is 1. The van der Waals surface area contributed by atoms with Crippen LogP contribution < -0.4 is 5.73 Å². The van der Waals surface area contributed by atoms with Crippen LogP contribution in [-0.2, 0) is 4.57 Å². The van der Waals surface area contributed by atoms with Gasteiger partial charge >= 0.3 is 7.82 Å². The van der Waals surface area contributed by atoms with Crippen molar-refractivity contribution in [1.29, 1.82) is 0 Å². The molecular formula is C8H24NO4P. The van der Waals surface area contributed by atoms with E-state index >= 15 is 0 Å². The van der Waals surface area contributed by atoms with Gasteiger partial charge in [-0.3, -0.25) is 0 Å². The van der Waals surface area contributed by atoms with E-state index in [0.717, 1.165) is 18.4 Å². The van der Waals surface area contributed by atoms with Crippen molar-refractivity contribution in [2.45, 2.75) is 34.6 Å². The Morgan fingerprint density at radius 1 is 1.07 bits per heavy atom. The van der Waals surface area contributed by atoms with Crippen molar-refractivity contribution in [3.8, 4) is 0 Å². The van der Waals surface area contributed by atoms with Gasteiger partial charge in [0, 0.05) is 0 Å². The van der Waals surface area contributed by atoms with Gasteiger partial charge in [0.25, 0.3) is 0 Å². The Bertz CT molecular complexity index is 130. The highest BCUT2D eigenvalue weighted by molar-refractivity contribution is 7.45. The van der Waals surface area contributed by atoms with Crippen molar-refractivity contribution in [3.05, 3.63) is 0 Å². The van der Waals surface area contributed by atoms with Crippen LogP contribution in [0.2, 0.25) is 0 Å². The average Bonchev–Trinajstić information content (AvgIpc) is 1.84. The molecule has 0 aliphatic rings. The van der Waals surface area contributed by atoms with Gasteiger partial charge in [-0.15, -0.1) is 0 Å². The van der Waals surface area contributed by atoms with Gasteiger partial charge in [-0.2, -0.15) is 0 Å². The van der Waals surface area contributed by atoms with E-state index in [4.69, 9.17) is 25.0 Å². The fourth-order valence-electron chi connectivity index (χ4n) is 0. The van der Waals surface area contributed by atoms with Gasteiger partial charge in [-0.25, -0.2) is 4.57 Å². The maximum absolute atomic E-state index is 8.88. The highest BCUT2D eigenvalue weighted by Crippen LogP contribution is 2.25. The molecule has 0 aromatic heterocycles. The fourth-order valence-corrected chi connectivity index (χ4v) is 0. The molecule has 5 N–H and O–H groups in total. The fraction of sp³-hybridized carbons (Fsp3) is 1.00. The Hall–Kier alpha value is 0.0700. The molecule has 90 valence electrons. The smallest absolute Gasteiger partial charge is 0.331 e. The quantitative estimate of drug-likeness (QED) is 0.508. The van der Waals surface area contributed by atoms with E-state index in [1.54, 1.807) is 0 Å². The second-order valence-electron chi connectivity index (χ2n) is 3.41. The molecule has 0 aliphatic carbocycles. The van der Waals surface area contributed by atoms with Crippen molar-refractivity contribution in [2.75, 3.05) is 6.54 Å². The molecule has 6 heteroatoms. The minimum atomic E-state index is -4.64. The molecule has 0 atom stereocenters. The highest BCUT2D eigenvalue weighted by Gasteiger charge is 2.00. The van der Waals surface area contributed by atoms with Crippen molar-refractivity contribution >= 4 is 7.82 Å². The van der Waals surface area contributed by atoms with Crippen LogP contribution in [0, 0.1) is 11.8 Å². The maximum atomic E-state index is 8.88. The number of rotatable bonds is 1. The van der Waals surface area contributed by atoms with E-state index in [1.165, 1.54) is 0 Å². The van der Waals surface area contributed by atoms with E-state index < -0.39 is 7.82 Å². The molecule has 0 spiro atoms. The molecule has 14 heavy (non-hydrogen) atoms. The largest absolute Gasteiger partial charge is 0.466 e. The summed E-state index contributed by atoms with van der Waals surface area (Å²) in [4.78, 5) is 21.6. The van der Waals surface area contributed by atoms with Crippen LogP contribution in [0.15, 0.2) is 0 Å². The number of nitrogens with two attached hydrogens (primary N) is 1. The zero-order chi connectivity index (χ0) is 12.4. The predicted molar refractivity (Wildman–Crippen MR) is 58.7 cm³/mol. The Morgan fingerprint density at radius 2 is 1.14 bits per heavy atom. The zero-order valence-corrected chi connectivity index (χ0v) is 10.5. The summed E-state index contributed by atoms with van der Waals surface area (Å²) in [7, 11) is -4.64. The van der Waals surface area contributed by atoms with Crippen LogP contribution in [0.25, 0.3) is 0 Å². The van der Waals surface area contributed by atoms with Crippen molar-refractivity contribution in [1.82, 2.24) is 0 Å². The van der Waals surface area contributed by atoms with Gasteiger partial charge in [-0.05, 0) is 18.4 Å². The summed E-state index contributed by atoms with van der Waals surface area (Å²) in [5.41, 5.74) is 4.85. The first kappa shape index (κ1) is 19.6. The molecule has 0 amide bonds. The third-order valence-corrected chi connectivity index (χ3v) is 1.33. The first-order chi connectivity index (χ1) is 6.06. The van der Waals surface area contributed by atoms with E-state index in [9.17, 15) is 0 Å². The monoisotopic (exact) mass is 229 g/mol. The second kappa shape index (κ2) is 11.1. The topological polar surface area (TPSA) is 104 Å². The predicted octanol–water partition coefficient (Wildman–Crippen LogP) is 1.33. The lowest BCUT2D eigenvalue weighted by Crippen LogP contribution is -1.95. The molecule has 0 saturated carbocycles. The Labute approximate surface area is 86.6 Å². The summed E-state index contributed by atoms with van der Waals surface area (Å²) in [6, 6.07) is 0. The first-order valence-electron chi connectivity index (χ1n) is 4.54. The summed E-state index contributed by atoms with van der Waals surface area (Å²) in [6.45, 7) is 11.6. The number of hydrogen-bond acceptors (Lipinski definition) is 2. The zero-order valence-electron chi connectivity index (χ0n) is 9.64.